The SMILES string of the molecule is N#Cc1ccc(N2CCN(C(=O)C34C5C6C3C3C4C5C63COC[C@@H]3CCCN3C3=CN=NC(=O)C3C(F)(F)F)CC2)nc1. The summed E-state index contributed by atoms with van der Waals surface area (Å²) >= 11 is 0. The molecule has 0 N–H and O–H groups in total. The van der Waals surface area contributed by atoms with Crippen molar-refractivity contribution in [2.75, 3.05) is 50.8 Å². The highest BCUT2D eigenvalue weighted by Crippen LogP contribution is 3.10. The second-order valence-corrected chi connectivity index (χ2v) is 13.6. The van der Waals surface area contributed by atoms with Crippen molar-refractivity contribution < 1.29 is 27.5 Å². The summed E-state index contributed by atoms with van der Waals surface area (Å²) < 4.78 is 47.3. The third-order valence-corrected chi connectivity index (χ3v) is 12.6. The predicted octanol–water partition coefficient (Wildman–Crippen LogP) is 2.83. The van der Waals surface area contributed by atoms with Gasteiger partial charge in [0, 0.05) is 44.3 Å². The molecule has 9 aliphatic rings. The van der Waals surface area contributed by atoms with E-state index in [0.717, 1.165) is 31.5 Å². The second kappa shape index (κ2) is 8.34. The van der Waals surface area contributed by atoms with Crippen molar-refractivity contribution in [2.45, 2.75) is 25.1 Å². The summed E-state index contributed by atoms with van der Waals surface area (Å²) in [6.07, 6.45) is -0.617. The zero-order valence-corrected chi connectivity index (χ0v) is 23.3. The molecule has 1 aromatic heterocycles. The monoisotopic (exact) mass is 593 g/mol. The van der Waals surface area contributed by atoms with Gasteiger partial charge in [-0.25, -0.2) is 4.98 Å². The number of carbonyl (C=O) groups is 2. The molecule has 6 aliphatic carbocycles. The van der Waals surface area contributed by atoms with E-state index < -0.39 is 18.0 Å². The first-order chi connectivity index (χ1) is 20.7. The molecular formula is C30H30F3N7O3. The number of pyridine rings is 1. The number of azo groups is 1. The number of nitriles is 1. The number of ether oxygens (including phenoxy) is 1. The highest BCUT2D eigenvalue weighted by molar-refractivity contribution is 5.92. The van der Waals surface area contributed by atoms with Gasteiger partial charge in [0.15, 0.2) is 5.92 Å². The molecule has 10 nitrogen and oxygen atoms in total. The lowest BCUT2D eigenvalue weighted by Crippen LogP contribution is -3.11. The van der Waals surface area contributed by atoms with E-state index in [1.807, 2.05) is 6.07 Å². The van der Waals surface area contributed by atoms with Crippen molar-refractivity contribution in [3.05, 3.63) is 35.8 Å². The predicted molar refractivity (Wildman–Crippen MR) is 142 cm³/mol. The fourth-order valence-corrected chi connectivity index (χ4v) is 11.2. The number of rotatable bonds is 7. The van der Waals surface area contributed by atoms with E-state index in [-0.39, 0.29) is 22.6 Å². The average Bonchev–Trinajstić information content (AvgIpc) is 3.49. The Kier molecular flexibility index (Phi) is 5.03. The molecule has 2 amide bonds. The largest absolute Gasteiger partial charge is 0.406 e. The molecule has 2 atom stereocenters. The molecule has 224 valence electrons. The smallest absolute Gasteiger partial charge is 0.379 e. The molecule has 10 rings (SSSR count). The third-order valence-electron chi connectivity index (χ3n) is 12.6. The number of anilines is 1. The average molecular weight is 594 g/mol. The van der Waals surface area contributed by atoms with Crippen LogP contribution in [-0.4, -0.2) is 84.8 Å². The Hall–Kier alpha value is -3.53. The molecule has 1 unspecified atom stereocenters. The molecule has 6 saturated carbocycles. The van der Waals surface area contributed by atoms with Gasteiger partial charge in [0.25, 0.3) is 5.91 Å². The molecule has 0 bridgehead atoms. The first-order valence-corrected chi connectivity index (χ1v) is 15.2. The van der Waals surface area contributed by atoms with E-state index >= 15 is 0 Å². The van der Waals surface area contributed by atoms with E-state index in [0.29, 0.717) is 86.2 Å². The minimum absolute atomic E-state index is 0.121. The number of hydrogen-bond donors (Lipinski definition) is 0. The second-order valence-electron chi connectivity index (χ2n) is 13.6. The van der Waals surface area contributed by atoms with Crippen LogP contribution in [0.5, 0.6) is 0 Å². The summed E-state index contributed by atoms with van der Waals surface area (Å²) in [4.78, 5) is 36.0. The summed E-state index contributed by atoms with van der Waals surface area (Å²) in [6, 6.07) is 5.49. The normalized spacial score (nSPS) is 42.6. The molecular weight excluding hydrogens is 563 g/mol. The molecule has 4 heterocycles. The molecule has 3 aliphatic heterocycles. The maximum absolute atomic E-state index is 13.8. The maximum Gasteiger partial charge on any atom is 0.406 e. The van der Waals surface area contributed by atoms with Crippen LogP contribution < -0.4 is 4.90 Å². The lowest BCUT2D eigenvalue weighted by atomic mass is 8.92. The van der Waals surface area contributed by atoms with Gasteiger partial charge in [-0.15, -0.1) is 5.11 Å². The zero-order chi connectivity index (χ0) is 29.5. The van der Waals surface area contributed by atoms with Crippen molar-refractivity contribution in [1.82, 2.24) is 14.8 Å². The van der Waals surface area contributed by atoms with Crippen LogP contribution in [0.4, 0.5) is 19.0 Å². The van der Waals surface area contributed by atoms with Crippen LogP contribution in [0.3, 0.4) is 0 Å². The summed E-state index contributed by atoms with van der Waals surface area (Å²) in [5.74, 6) is 0.712. The Balaban J connectivity index is 0.798. The molecule has 13 heteroatoms. The maximum atomic E-state index is 13.8. The number of hydrogen-bond acceptors (Lipinski definition) is 8. The number of alkyl halides is 3. The van der Waals surface area contributed by atoms with Gasteiger partial charge in [-0.1, -0.05) is 0 Å². The number of nitrogens with zero attached hydrogens (tertiary/aromatic N) is 7. The van der Waals surface area contributed by atoms with E-state index in [1.54, 1.807) is 17.2 Å². The molecule has 43 heavy (non-hydrogen) atoms. The third kappa shape index (κ3) is 2.87. The van der Waals surface area contributed by atoms with E-state index in [2.05, 4.69) is 31.1 Å². The van der Waals surface area contributed by atoms with Gasteiger partial charge in [0.1, 0.15) is 11.9 Å². The van der Waals surface area contributed by atoms with Crippen molar-refractivity contribution in [2.24, 2.45) is 62.5 Å². The molecule has 2 saturated heterocycles. The summed E-state index contributed by atoms with van der Waals surface area (Å²) in [7, 11) is 0. The van der Waals surface area contributed by atoms with E-state index in [1.165, 1.54) is 0 Å². The Bertz CT molecular complexity index is 1470. The number of amides is 2. The fraction of sp³-hybridized carbons (Fsp3) is 0.667. The molecule has 8 fully saturated rings. The number of aromatic nitrogens is 1. The zero-order valence-electron chi connectivity index (χ0n) is 23.3. The van der Waals surface area contributed by atoms with Crippen LogP contribution in [0.15, 0.2) is 40.5 Å². The van der Waals surface area contributed by atoms with Crippen LogP contribution in [-0.2, 0) is 14.3 Å². The number of carbonyl (C=O) groups excluding carboxylic acids is 2. The minimum Gasteiger partial charge on any atom is -0.379 e. The highest BCUT2D eigenvalue weighted by atomic mass is 19.4. The standard InChI is InChI=1S/C30H30F3N7O3/c31-30(32,33)19-17(12-36-37-26(19)41)40-5-1-2-16(40)13-43-14-28-20-23-21(28)25-22(28)24(20)29(23,25)27(42)39-8-6-38(7-9-39)18-4-3-15(10-34)11-35-18/h3-4,11-12,16,19-25H,1-2,5-9,13-14H2/t16-,19?,20?,21?,22?,23?,24?,25?,28?,29?/m0/s1. The Labute approximate surface area is 245 Å². The van der Waals surface area contributed by atoms with Gasteiger partial charge in [-0.3, -0.25) is 9.59 Å². The van der Waals surface area contributed by atoms with E-state index in [4.69, 9.17) is 10.00 Å². The fourth-order valence-electron chi connectivity index (χ4n) is 11.2. The van der Waals surface area contributed by atoms with Crippen molar-refractivity contribution >= 4 is 17.6 Å². The highest BCUT2D eigenvalue weighted by Gasteiger charge is 3.11. The Morgan fingerprint density at radius 2 is 1.79 bits per heavy atom. The van der Waals surface area contributed by atoms with Crippen LogP contribution in [0.25, 0.3) is 0 Å². The topological polar surface area (TPSA) is 114 Å². The van der Waals surface area contributed by atoms with Crippen LogP contribution in [0.2, 0.25) is 0 Å². The van der Waals surface area contributed by atoms with Gasteiger partial charge in [-0.2, -0.15) is 23.5 Å². The summed E-state index contributed by atoms with van der Waals surface area (Å²) in [6.45, 7) is 4.18. The van der Waals surface area contributed by atoms with Crippen molar-refractivity contribution in [1.29, 1.82) is 5.26 Å². The molecule has 0 radical (unpaired) electrons. The van der Waals surface area contributed by atoms with Gasteiger partial charge >= 0.3 is 6.18 Å². The Morgan fingerprint density at radius 1 is 1.07 bits per heavy atom. The van der Waals surface area contributed by atoms with Crippen LogP contribution >= 0.6 is 0 Å². The van der Waals surface area contributed by atoms with Crippen molar-refractivity contribution in [3.63, 3.8) is 0 Å². The minimum atomic E-state index is -4.71. The molecule has 0 aromatic carbocycles. The molecule has 1 aromatic rings. The van der Waals surface area contributed by atoms with Crippen LogP contribution in [0.1, 0.15) is 18.4 Å². The van der Waals surface area contributed by atoms with Gasteiger partial charge in [0.05, 0.1) is 42.1 Å². The first kappa shape index (κ1) is 25.9. The quantitative estimate of drug-likeness (QED) is 0.478. The van der Waals surface area contributed by atoms with Gasteiger partial charge in [0.2, 0.25) is 5.91 Å². The van der Waals surface area contributed by atoms with E-state index in [9.17, 15) is 22.8 Å². The number of halogens is 3. The van der Waals surface area contributed by atoms with Gasteiger partial charge in [-0.05, 0) is 60.5 Å². The van der Waals surface area contributed by atoms with Crippen LogP contribution in [0, 0.1) is 63.6 Å². The summed E-state index contributed by atoms with van der Waals surface area (Å²) in [5, 5.41) is 15.7. The lowest BCUT2D eigenvalue weighted by Gasteiger charge is -3.10. The van der Waals surface area contributed by atoms with Crippen molar-refractivity contribution in [3.8, 4) is 6.07 Å². The Morgan fingerprint density at radius 3 is 2.42 bits per heavy atom. The van der Waals surface area contributed by atoms with Gasteiger partial charge < -0.3 is 19.4 Å². The lowest BCUT2D eigenvalue weighted by molar-refractivity contribution is -0.645. The first-order valence-electron chi connectivity index (χ1n) is 15.2. The number of piperazine rings is 1. The summed E-state index contributed by atoms with van der Waals surface area (Å²) in [5.41, 5.74) is 0.446. The molecule has 0 spiro atoms. The number of likely N-dealkylation sites (tertiary alicyclic amines) is 1.